The maximum absolute atomic E-state index is 11.7. The molecule has 1 N–H and O–H groups in total. The maximum Gasteiger partial charge on any atom is 0.162 e. The number of allylic oxidation sites excluding steroid dienone is 3. The van der Waals surface area contributed by atoms with E-state index in [0.717, 1.165) is 48.7 Å². The molecule has 0 bridgehead atoms. The molecular weight excluding hydrogens is 779 g/mol. The van der Waals surface area contributed by atoms with Gasteiger partial charge in [0.25, 0.3) is 0 Å². The van der Waals surface area contributed by atoms with E-state index in [2.05, 4.69) is 107 Å². The van der Waals surface area contributed by atoms with Crippen molar-refractivity contribution in [3.63, 3.8) is 0 Å². The quantitative estimate of drug-likeness (QED) is 0.0930. The molecule has 3 aromatic carbocycles. The number of nitrogens with zero attached hydrogens (tertiary/aromatic N) is 1. The third-order valence-electron chi connectivity index (χ3n) is 9.63. The predicted molar refractivity (Wildman–Crippen MR) is 205 cm³/mol. The smallest absolute Gasteiger partial charge is 0.162 e. The van der Waals surface area contributed by atoms with Gasteiger partial charge in [-0.05, 0) is 78.2 Å². The van der Waals surface area contributed by atoms with Crippen LogP contribution in [0.15, 0.2) is 84.3 Å². The van der Waals surface area contributed by atoms with Gasteiger partial charge in [0.2, 0.25) is 0 Å². The van der Waals surface area contributed by atoms with Crippen LogP contribution in [0.3, 0.4) is 0 Å². The fourth-order valence-corrected chi connectivity index (χ4v) is 6.78. The zero-order chi connectivity index (χ0) is 35.0. The van der Waals surface area contributed by atoms with E-state index in [1.165, 1.54) is 45.7 Å². The molecule has 0 saturated carbocycles. The molecule has 0 atom stereocenters. The second-order valence-electron chi connectivity index (χ2n) is 14.8. The Balaban J connectivity index is 0.000000347. The van der Waals surface area contributed by atoms with Crippen LogP contribution in [0, 0.1) is 23.8 Å². The molecule has 0 unspecified atom stereocenters. The summed E-state index contributed by atoms with van der Waals surface area (Å²) in [6.45, 7) is 19.5. The molecule has 0 fully saturated rings. The summed E-state index contributed by atoms with van der Waals surface area (Å²) in [6.07, 6.45) is 11.5. The number of hydrogen-bond acceptors (Lipinski definition) is 3. The summed E-state index contributed by atoms with van der Waals surface area (Å²) >= 11 is 0. The second kappa shape index (κ2) is 18.1. The molecule has 0 saturated heterocycles. The molecule has 4 aromatic rings. The van der Waals surface area contributed by atoms with Gasteiger partial charge in [-0.2, -0.15) is 0 Å². The van der Waals surface area contributed by atoms with Gasteiger partial charge in [0, 0.05) is 49.9 Å². The number of rotatable bonds is 11. The number of ketones is 1. The Labute approximate surface area is 309 Å². The number of carbonyl (C=O) groups excluding carboxylic acids is 1. The third kappa shape index (κ3) is 10.3. The van der Waals surface area contributed by atoms with E-state index in [-0.39, 0.29) is 48.9 Å². The average molecular weight is 835 g/mol. The van der Waals surface area contributed by atoms with Gasteiger partial charge in [-0.15, -0.1) is 29.1 Å². The first-order chi connectivity index (χ1) is 22.9. The SMILES string of the molecule is CC(C)CC1=Cc2ccc(-c3ccnc(-c4[c-]c5ccccc5c(C(C)(C)C)c4)c3)cc2C1.CCC(CC)C(=O)/C=C(\O)C(CC)CC.[Ir]. The van der Waals surface area contributed by atoms with Crippen molar-refractivity contribution in [3.8, 4) is 22.4 Å². The molecule has 1 aliphatic rings. The molecule has 0 aliphatic heterocycles. The molecule has 0 amide bonds. The molecule has 1 aliphatic carbocycles. The van der Waals surface area contributed by atoms with Crippen LogP contribution in [0.1, 0.15) is 111 Å². The Bertz CT molecular complexity index is 1770. The fourth-order valence-electron chi connectivity index (χ4n) is 6.78. The van der Waals surface area contributed by atoms with Crippen molar-refractivity contribution >= 4 is 22.6 Å². The van der Waals surface area contributed by atoms with Gasteiger partial charge in [-0.3, -0.25) is 9.78 Å². The first-order valence-electron chi connectivity index (χ1n) is 18.1. The first-order valence-corrected chi connectivity index (χ1v) is 18.1. The molecule has 4 heteroatoms. The van der Waals surface area contributed by atoms with Crippen LogP contribution in [0.25, 0.3) is 39.2 Å². The fraction of sp³-hybridized carbons (Fsp3) is 0.422. The van der Waals surface area contributed by atoms with Crippen LogP contribution in [0.2, 0.25) is 0 Å². The van der Waals surface area contributed by atoms with Gasteiger partial charge in [-0.25, -0.2) is 0 Å². The molecule has 1 heterocycles. The third-order valence-corrected chi connectivity index (χ3v) is 9.63. The van der Waals surface area contributed by atoms with E-state index in [9.17, 15) is 9.90 Å². The van der Waals surface area contributed by atoms with Crippen molar-refractivity contribution in [1.82, 2.24) is 4.98 Å². The van der Waals surface area contributed by atoms with Gasteiger partial charge in [-0.1, -0.05) is 127 Å². The summed E-state index contributed by atoms with van der Waals surface area (Å²) in [5.74, 6) is 1.25. The number of pyridine rings is 1. The summed E-state index contributed by atoms with van der Waals surface area (Å²) in [6, 6.07) is 25.7. The van der Waals surface area contributed by atoms with E-state index in [1.807, 2.05) is 33.9 Å². The normalized spacial score (nSPS) is 12.9. The number of fused-ring (bicyclic) bond motifs is 2. The van der Waals surface area contributed by atoms with Crippen molar-refractivity contribution in [2.45, 2.75) is 106 Å². The van der Waals surface area contributed by atoms with Gasteiger partial charge < -0.3 is 5.11 Å². The molecule has 5 rings (SSSR count). The molecule has 0 spiro atoms. The summed E-state index contributed by atoms with van der Waals surface area (Å²) in [7, 11) is 0. The monoisotopic (exact) mass is 835 g/mol. The molecule has 1 radical (unpaired) electrons. The van der Waals surface area contributed by atoms with Gasteiger partial charge in [0.15, 0.2) is 5.78 Å². The van der Waals surface area contributed by atoms with Crippen LogP contribution < -0.4 is 0 Å². The predicted octanol–water partition coefficient (Wildman–Crippen LogP) is 12.5. The number of carbonyl (C=O) groups is 1. The van der Waals surface area contributed by atoms with Crippen LogP contribution in [-0.2, 0) is 36.7 Å². The Morgan fingerprint density at radius 2 is 1.55 bits per heavy atom. The second-order valence-corrected chi connectivity index (χ2v) is 14.8. The van der Waals surface area contributed by atoms with E-state index in [4.69, 9.17) is 4.98 Å². The molecule has 1 aromatic heterocycles. The first kappa shape index (κ1) is 40.1. The van der Waals surface area contributed by atoms with Gasteiger partial charge in [0.05, 0.1) is 5.76 Å². The largest absolute Gasteiger partial charge is 0.512 e. The van der Waals surface area contributed by atoms with E-state index in [1.54, 1.807) is 5.57 Å². The van der Waals surface area contributed by atoms with Crippen molar-refractivity contribution in [1.29, 1.82) is 0 Å². The number of aromatic nitrogens is 1. The Morgan fingerprint density at radius 3 is 2.18 bits per heavy atom. The van der Waals surface area contributed by atoms with E-state index < -0.39 is 0 Å². The molecular formula is C45H56IrNO2-. The number of benzene rings is 3. The minimum atomic E-state index is 0. The van der Waals surface area contributed by atoms with Crippen LogP contribution in [0.5, 0.6) is 0 Å². The molecule has 263 valence electrons. The van der Waals surface area contributed by atoms with Crippen molar-refractivity contribution in [3.05, 3.63) is 107 Å². The minimum absolute atomic E-state index is 0. The zero-order valence-electron chi connectivity index (χ0n) is 31.1. The Kier molecular flexibility index (Phi) is 14.8. The number of hydrogen-bond donors (Lipinski definition) is 1. The van der Waals surface area contributed by atoms with Crippen molar-refractivity contribution in [2.75, 3.05) is 0 Å². The Morgan fingerprint density at radius 1 is 0.898 bits per heavy atom. The summed E-state index contributed by atoms with van der Waals surface area (Å²) < 4.78 is 0. The Hall–Kier alpha value is -3.33. The standard InChI is InChI=1S/C32H32N.C13H24O2.Ir/c1-21(2)14-22-15-23-10-11-24(17-27(23)16-22)25-12-13-33-31(20-25)28-18-26-8-6-7-9-29(26)30(19-28)32(3,4)5;1-5-10(6-2)12(14)9-13(15)11(7-3)8-4;/h6-13,15,17,19-21H,14,16H2,1-5H3;9-11,14H,5-8H2,1-4H3;/q-1;;/b;12-9-;. The van der Waals surface area contributed by atoms with Crippen molar-refractivity contribution in [2.24, 2.45) is 17.8 Å². The van der Waals surface area contributed by atoms with E-state index >= 15 is 0 Å². The zero-order valence-corrected chi connectivity index (χ0v) is 33.5. The van der Waals surface area contributed by atoms with Crippen LogP contribution in [0.4, 0.5) is 0 Å². The number of aliphatic hydroxyl groups is 1. The average Bonchev–Trinajstić information content (AvgIpc) is 3.46. The molecule has 3 nitrogen and oxygen atoms in total. The molecule has 49 heavy (non-hydrogen) atoms. The maximum atomic E-state index is 11.7. The topological polar surface area (TPSA) is 50.2 Å². The van der Waals surface area contributed by atoms with E-state index in [0.29, 0.717) is 5.92 Å². The van der Waals surface area contributed by atoms with Crippen LogP contribution in [-0.4, -0.2) is 15.9 Å². The van der Waals surface area contributed by atoms with Gasteiger partial charge >= 0.3 is 0 Å². The minimum Gasteiger partial charge on any atom is -0.512 e. The summed E-state index contributed by atoms with van der Waals surface area (Å²) in [5, 5.41) is 12.2. The van der Waals surface area contributed by atoms with Crippen LogP contribution >= 0.6 is 0 Å². The summed E-state index contributed by atoms with van der Waals surface area (Å²) in [4.78, 5) is 16.5. The number of aliphatic hydroxyl groups excluding tert-OH is 1. The van der Waals surface area contributed by atoms with Gasteiger partial charge in [0.1, 0.15) is 0 Å². The van der Waals surface area contributed by atoms with Crippen molar-refractivity contribution < 1.29 is 30.0 Å². The summed E-state index contributed by atoms with van der Waals surface area (Å²) in [5.41, 5.74) is 10.2.